The van der Waals surface area contributed by atoms with Crippen LogP contribution in [0.2, 0.25) is 5.02 Å². The van der Waals surface area contributed by atoms with Crippen LogP contribution in [0.3, 0.4) is 0 Å². The van der Waals surface area contributed by atoms with Gasteiger partial charge in [0.25, 0.3) is 5.89 Å². The first-order valence-corrected chi connectivity index (χ1v) is 6.39. The summed E-state index contributed by atoms with van der Waals surface area (Å²) in [6.07, 6.45) is 1.70. The minimum absolute atomic E-state index is 0.374. The van der Waals surface area contributed by atoms with Crippen LogP contribution in [0.5, 0.6) is 0 Å². The molecule has 0 spiro atoms. The largest absolute Gasteiger partial charge is 0.332 e. The van der Waals surface area contributed by atoms with Crippen molar-refractivity contribution in [2.24, 2.45) is 5.73 Å². The average molecular weight is 287 g/mol. The number of nitrogens with two attached hydrogens (primary N) is 1. The zero-order chi connectivity index (χ0) is 13.9. The van der Waals surface area contributed by atoms with Crippen LogP contribution in [0.1, 0.15) is 5.56 Å². The SMILES string of the molecule is NCc1ccc(-c2nc(-c3ccc(Cl)cc3)no2)nc1. The maximum atomic E-state index is 5.84. The van der Waals surface area contributed by atoms with E-state index in [2.05, 4.69) is 15.1 Å². The zero-order valence-corrected chi connectivity index (χ0v) is 11.2. The van der Waals surface area contributed by atoms with Gasteiger partial charge in [-0.25, -0.2) is 0 Å². The Balaban J connectivity index is 1.91. The van der Waals surface area contributed by atoms with Crippen LogP contribution >= 0.6 is 11.6 Å². The molecular formula is C14H11ClN4O. The van der Waals surface area contributed by atoms with Gasteiger partial charge in [0, 0.05) is 23.3 Å². The molecule has 0 amide bonds. The maximum Gasteiger partial charge on any atom is 0.276 e. The molecule has 0 radical (unpaired) electrons. The first kappa shape index (κ1) is 12.8. The van der Waals surface area contributed by atoms with E-state index in [1.165, 1.54) is 0 Å². The molecule has 0 aliphatic rings. The van der Waals surface area contributed by atoms with Crippen molar-refractivity contribution >= 4 is 11.6 Å². The highest BCUT2D eigenvalue weighted by atomic mass is 35.5. The average Bonchev–Trinajstić information content (AvgIpc) is 2.98. The van der Waals surface area contributed by atoms with Crippen molar-refractivity contribution in [3.8, 4) is 23.0 Å². The summed E-state index contributed by atoms with van der Waals surface area (Å²) in [5.74, 6) is 0.875. The summed E-state index contributed by atoms with van der Waals surface area (Å²) < 4.78 is 5.22. The third kappa shape index (κ3) is 2.54. The highest BCUT2D eigenvalue weighted by Crippen LogP contribution is 2.22. The second-order valence-electron chi connectivity index (χ2n) is 4.19. The number of benzene rings is 1. The molecule has 3 aromatic rings. The molecule has 0 fully saturated rings. The van der Waals surface area contributed by atoms with Gasteiger partial charge in [0.1, 0.15) is 5.69 Å². The number of aromatic nitrogens is 3. The molecule has 0 aliphatic carbocycles. The van der Waals surface area contributed by atoms with E-state index in [-0.39, 0.29) is 0 Å². The smallest absolute Gasteiger partial charge is 0.276 e. The molecule has 1 aromatic carbocycles. The minimum Gasteiger partial charge on any atom is -0.332 e. The Labute approximate surface area is 120 Å². The Morgan fingerprint density at radius 2 is 1.90 bits per heavy atom. The van der Waals surface area contributed by atoms with Gasteiger partial charge < -0.3 is 10.3 Å². The zero-order valence-electron chi connectivity index (χ0n) is 10.5. The van der Waals surface area contributed by atoms with Gasteiger partial charge >= 0.3 is 0 Å². The number of pyridine rings is 1. The molecule has 6 heteroatoms. The molecule has 0 unspecified atom stereocenters. The monoisotopic (exact) mass is 286 g/mol. The van der Waals surface area contributed by atoms with E-state index in [4.69, 9.17) is 21.9 Å². The van der Waals surface area contributed by atoms with Crippen LogP contribution in [-0.4, -0.2) is 15.1 Å². The lowest BCUT2D eigenvalue weighted by Crippen LogP contribution is -1.96. The Hall–Kier alpha value is -2.24. The van der Waals surface area contributed by atoms with Crippen LogP contribution in [0, 0.1) is 0 Å². The predicted molar refractivity (Wildman–Crippen MR) is 75.9 cm³/mol. The molecule has 0 aliphatic heterocycles. The first-order valence-electron chi connectivity index (χ1n) is 6.01. The molecule has 0 saturated heterocycles. The van der Waals surface area contributed by atoms with Crippen molar-refractivity contribution in [3.05, 3.63) is 53.2 Å². The Kier molecular flexibility index (Phi) is 3.45. The number of nitrogens with zero attached hydrogens (tertiary/aromatic N) is 3. The van der Waals surface area contributed by atoms with Crippen molar-refractivity contribution in [3.63, 3.8) is 0 Å². The van der Waals surface area contributed by atoms with Gasteiger partial charge in [0.05, 0.1) is 0 Å². The molecule has 20 heavy (non-hydrogen) atoms. The molecule has 2 aromatic heterocycles. The predicted octanol–water partition coefficient (Wildman–Crippen LogP) is 2.91. The standard InChI is InChI=1S/C14H11ClN4O/c15-11-4-2-10(3-5-11)13-18-14(20-19-13)12-6-1-9(7-16)8-17-12/h1-6,8H,7,16H2. The van der Waals surface area contributed by atoms with E-state index >= 15 is 0 Å². The summed E-state index contributed by atoms with van der Waals surface area (Å²) in [6.45, 7) is 0.452. The highest BCUT2D eigenvalue weighted by Gasteiger charge is 2.11. The molecule has 0 saturated carbocycles. The molecular weight excluding hydrogens is 276 g/mol. The summed E-state index contributed by atoms with van der Waals surface area (Å²) in [4.78, 5) is 8.56. The van der Waals surface area contributed by atoms with E-state index in [0.717, 1.165) is 11.1 Å². The Morgan fingerprint density at radius 1 is 1.10 bits per heavy atom. The highest BCUT2D eigenvalue weighted by molar-refractivity contribution is 6.30. The van der Waals surface area contributed by atoms with E-state index in [1.807, 2.05) is 18.2 Å². The van der Waals surface area contributed by atoms with E-state index in [1.54, 1.807) is 24.4 Å². The van der Waals surface area contributed by atoms with Gasteiger partial charge in [-0.1, -0.05) is 22.8 Å². The topological polar surface area (TPSA) is 77.8 Å². The summed E-state index contributed by atoms with van der Waals surface area (Å²) in [5.41, 5.74) is 7.94. The number of halogens is 1. The van der Waals surface area contributed by atoms with Crippen LogP contribution < -0.4 is 5.73 Å². The third-order valence-corrected chi connectivity index (χ3v) is 3.06. The van der Waals surface area contributed by atoms with Crippen molar-refractivity contribution in [1.29, 1.82) is 0 Å². The summed E-state index contributed by atoms with van der Waals surface area (Å²) in [5, 5.41) is 4.60. The van der Waals surface area contributed by atoms with Gasteiger partial charge in [0.15, 0.2) is 0 Å². The van der Waals surface area contributed by atoms with Crippen molar-refractivity contribution in [1.82, 2.24) is 15.1 Å². The molecule has 5 nitrogen and oxygen atoms in total. The van der Waals surface area contributed by atoms with E-state index < -0.39 is 0 Å². The number of rotatable bonds is 3. The minimum atomic E-state index is 0.374. The first-order chi connectivity index (χ1) is 9.76. The normalized spacial score (nSPS) is 10.7. The summed E-state index contributed by atoms with van der Waals surface area (Å²) >= 11 is 5.84. The lowest BCUT2D eigenvalue weighted by molar-refractivity contribution is 0.431. The lowest BCUT2D eigenvalue weighted by atomic mass is 10.2. The molecule has 2 N–H and O–H groups in total. The molecule has 100 valence electrons. The van der Waals surface area contributed by atoms with Gasteiger partial charge in [-0.05, 0) is 35.9 Å². The van der Waals surface area contributed by atoms with E-state index in [9.17, 15) is 0 Å². The van der Waals surface area contributed by atoms with Gasteiger partial charge in [0.2, 0.25) is 5.82 Å². The van der Waals surface area contributed by atoms with Crippen molar-refractivity contribution in [2.45, 2.75) is 6.54 Å². The Bertz CT molecular complexity index is 707. The van der Waals surface area contributed by atoms with Crippen LogP contribution in [0.15, 0.2) is 47.1 Å². The number of hydrogen-bond acceptors (Lipinski definition) is 5. The maximum absolute atomic E-state index is 5.84. The summed E-state index contributed by atoms with van der Waals surface area (Å²) in [7, 11) is 0. The fraction of sp³-hybridized carbons (Fsp3) is 0.0714. The van der Waals surface area contributed by atoms with Crippen LogP contribution in [-0.2, 0) is 6.54 Å². The van der Waals surface area contributed by atoms with E-state index in [0.29, 0.717) is 29.0 Å². The van der Waals surface area contributed by atoms with Gasteiger partial charge in [-0.2, -0.15) is 4.98 Å². The summed E-state index contributed by atoms with van der Waals surface area (Å²) in [6, 6.07) is 10.9. The molecule has 0 atom stereocenters. The van der Waals surface area contributed by atoms with Gasteiger partial charge in [-0.15, -0.1) is 0 Å². The molecule has 0 bridgehead atoms. The molecule has 2 heterocycles. The second kappa shape index (κ2) is 5.40. The molecule has 3 rings (SSSR count). The second-order valence-corrected chi connectivity index (χ2v) is 4.62. The fourth-order valence-electron chi connectivity index (χ4n) is 1.72. The Morgan fingerprint density at radius 3 is 2.55 bits per heavy atom. The van der Waals surface area contributed by atoms with Gasteiger partial charge in [-0.3, -0.25) is 4.98 Å². The lowest BCUT2D eigenvalue weighted by Gasteiger charge is -1.96. The van der Waals surface area contributed by atoms with Crippen LogP contribution in [0.25, 0.3) is 23.0 Å². The van der Waals surface area contributed by atoms with Crippen molar-refractivity contribution in [2.75, 3.05) is 0 Å². The number of hydrogen-bond donors (Lipinski definition) is 1. The quantitative estimate of drug-likeness (QED) is 0.801. The third-order valence-electron chi connectivity index (χ3n) is 2.81. The van der Waals surface area contributed by atoms with Crippen LogP contribution in [0.4, 0.5) is 0 Å². The fourth-order valence-corrected chi connectivity index (χ4v) is 1.84. The van der Waals surface area contributed by atoms with Crippen molar-refractivity contribution < 1.29 is 4.52 Å².